The number of hydrogen-bond acceptors (Lipinski definition) is 2. The number of piperidine rings is 1. The molecule has 1 spiro atoms. The van der Waals surface area contributed by atoms with Crippen LogP contribution in [-0.2, 0) is 6.42 Å². The summed E-state index contributed by atoms with van der Waals surface area (Å²) >= 11 is 0. The monoisotopic (exact) mass is 404 g/mol. The summed E-state index contributed by atoms with van der Waals surface area (Å²) in [6.45, 7) is 10.2. The minimum atomic E-state index is 0.153. The summed E-state index contributed by atoms with van der Waals surface area (Å²) in [6.07, 6.45) is 5.94. The molecule has 0 saturated carbocycles. The van der Waals surface area contributed by atoms with Crippen molar-refractivity contribution < 1.29 is 4.79 Å². The molecule has 1 saturated heterocycles. The fourth-order valence-corrected chi connectivity index (χ4v) is 5.57. The van der Waals surface area contributed by atoms with Crippen molar-refractivity contribution in [2.75, 3.05) is 26.2 Å². The lowest BCUT2D eigenvalue weighted by molar-refractivity contribution is 0.0764. The average molecular weight is 405 g/mol. The molecule has 0 aromatic heterocycles. The molecule has 3 nitrogen and oxygen atoms in total. The Morgan fingerprint density at radius 3 is 2.50 bits per heavy atom. The van der Waals surface area contributed by atoms with Crippen molar-refractivity contribution in [2.24, 2.45) is 5.41 Å². The van der Waals surface area contributed by atoms with Gasteiger partial charge < -0.3 is 10.2 Å². The van der Waals surface area contributed by atoms with E-state index in [-0.39, 0.29) is 5.91 Å². The smallest absolute Gasteiger partial charge is 0.253 e. The Morgan fingerprint density at radius 1 is 1.10 bits per heavy atom. The minimum Gasteiger partial charge on any atom is -0.339 e. The lowest BCUT2D eigenvalue weighted by Gasteiger charge is -2.45. The van der Waals surface area contributed by atoms with Crippen molar-refractivity contribution in [1.29, 1.82) is 0 Å². The minimum absolute atomic E-state index is 0.153. The van der Waals surface area contributed by atoms with Crippen LogP contribution in [0.25, 0.3) is 0 Å². The molecular formula is C27H36N2O. The van der Waals surface area contributed by atoms with E-state index in [2.05, 4.69) is 68.6 Å². The molecule has 2 aromatic rings. The van der Waals surface area contributed by atoms with Crippen LogP contribution in [0.4, 0.5) is 0 Å². The first-order valence-corrected chi connectivity index (χ1v) is 11.7. The van der Waals surface area contributed by atoms with Gasteiger partial charge in [-0.2, -0.15) is 0 Å². The number of carbonyl (C=O) groups excluding carboxylic acids is 1. The molecule has 1 aliphatic heterocycles. The van der Waals surface area contributed by atoms with E-state index in [4.69, 9.17) is 0 Å². The van der Waals surface area contributed by atoms with Crippen LogP contribution >= 0.6 is 0 Å². The Morgan fingerprint density at radius 2 is 1.83 bits per heavy atom. The van der Waals surface area contributed by atoms with Crippen molar-refractivity contribution in [1.82, 2.24) is 10.2 Å². The second-order valence-corrected chi connectivity index (χ2v) is 9.39. The molecule has 3 heteroatoms. The molecule has 160 valence electrons. The van der Waals surface area contributed by atoms with Gasteiger partial charge in [0.15, 0.2) is 0 Å². The summed E-state index contributed by atoms with van der Waals surface area (Å²) in [7, 11) is 0. The molecule has 1 atom stereocenters. The van der Waals surface area contributed by atoms with Crippen molar-refractivity contribution in [3.8, 4) is 0 Å². The molecule has 0 radical (unpaired) electrons. The summed E-state index contributed by atoms with van der Waals surface area (Å²) in [6, 6.07) is 15.6. The molecule has 1 aliphatic carbocycles. The van der Waals surface area contributed by atoms with Gasteiger partial charge in [0.2, 0.25) is 0 Å². The first kappa shape index (κ1) is 21.1. The summed E-state index contributed by atoms with van der Waals surface area (Å²) in [5.74, 6) is 0.578. The van der Waals surface area contributed by atoms with Crippen LogP contribution in [0.2, 0.25) is 0 Å². The van der Waals surface area contributed by atoms with Gasteiger partial charge in [-0.05, 0) is 93.3 Å². The van der Waals surface area contributed by atoms with Gasteiger partial charge in [0.05, 0.1) is 0 Å². The number of nitrogens with zero attached hydrogens (tertiary/aromatic N) is 1. The predicted molar refractivity (Wildman–Crippen MR) is 124 cm³/mol. The quantitative estimate of drug-likeness (QED) is 0.732. The van der Waals surface area contributed by atoms with Gasteiger partial charge in [-0.15, -0.1) is 0 Å². The Labute approximate surface area is 181 Å². The zero-order valence-corrected chi connectivity index (χ0v) is 18.8. The third kappa shape index (κ3) is 4.18. The molecule has 30 heavy (non-hydrogen) atoms. The zero-order valence-electron chi connectivity index (χ0n) is 18.8. The maximum absolute atomic E-state index is 12.9. The second kappa shape index (κ2) is 8.93. The largest absolute Gasteiger partial charge is 0.339 e. The Hall–Kier alpha value is -2.13. The highest BCUT2D eigenvalue weighted by Gasteiger charge is 2.40. The predicted octanol–water partition coefficient (Wildman–Crippen LogP) is 5.32. The van der Waals surface area contributed by atoms with E-state index in [9.17, 15) is 4.79 Å². The number of fused-ring (bicyclic) bond motifs is 1. The van der Waals surface area contributed by atoms with Crippen LogP contribution < -0.4 is 5.32 Å². The van der Waals surface area contributed by atoms with E-state index < -0.39 is 0 Å². The van der Waals surface area contributed by atoms with Crippen LogP contribution in [-0.4, -0.2) is 37.0 Å². The van der Waals surface area contributed by atoms with Gasteiger partial charge in [-0.3, -0.25) is 4.79 Å². The summed E-state index contributed by atoms with van der Waals surface area (Å²) < 4.78 is 0. The standard InChI is InChI=1S/C27H36N2O/c1-4-16-29(5-2)26(30)22-10-8-21(9-11-22)25-19-27(12-14-28-15-13-27)18-23-7-6-20(3)17-24(23)25/h6-11,17,25,28H,4-5,12-16,18-19H2,1-3H3. The summed E-state index contributed by atoms with van der Waals surface area (Å²) in [5.41, 5.74) is 6.94. The van der Waals surface area contributed by atoms with E-state index in [1.165, 1.54) is 47.9 Å². The Bertz CT molecular complexity index is 880. The highest BCUT2D eigenvalue weighted by Crippen LogP contribution is 2.49. The lowest BCUT2D eigenvalue weighted by Crippen LogP contribution is -2.41. The van der Waals surface area contributed by atoms with Gasteiger partial charge in [0, 0.05) is 24.6 Å². The van der Waals surface area contributed by atoms with E-state index in [1.807, 2.05) is 4.90 Å². The molecule has 1 heterocycles. The number of rotatable bonds is 5. The van der Waals surface area contributed by atoms with Crippen molar-refractivity contribution in [3.63, 3.8) is 0 Å². The first-order valence-electron chi connectivity index (χ1n) is 11.7. The van der Waals surface area contributed by atoms with Gasteiger partial charge >= 0.3 is 0 Å². The molecule has 1 amide bonds. The topological polar surface area (TPSA) is 32.3 Å². The highest BCUT2D eigenvalue weighted by atomic mass is 16.2. The maximum atomic E-state index is 12.9. The Kier molecular flexibility index (Phi) is 6.29. The third-order valence-corrected chi connectivity index (χ3v) is 7.27. The molecule has 1 fully saturated rings. The normalized spacial score (nSPS) is 20.0. The third-order valence-electron chi connectivity index (χ3n) is 7.27. The van der Waals surface area contributed by atoms with E-state index in [0.29, 0.717) is 11.3 Å². The van der Waals surface area contributed by atoms with Crippen LogP contribution in [0.15, 0.2) is 42.5 Å². The number of amides is 1. The number of hydrogen-bond donors (Lipinski definition) is 1. The average Bonchev–Trinajstić information content (AvgIpc) is 2.77. The van der Waals surface area contributed by atoms with Gasteiger partial charge in [-0.25, -0.2) is 0 Å². The molecular weight excluding hydrogens is 368 g/mol. The summed E-state index contributed by atoms with van der Waals surface area (Å²) in [4.78, 5) is 14.8. The van der Waals surface area contributed by atoms with Crippen LogP contribution in [0.3, 0.4) is 0 Å². The molecule has 4 rings (SSSR count). The zero-order chi connectivity index (χ0) is 21.1. The van der Waals surface area contributed by atoms with Gasteiger partial charge in [0.1, 0.15) is 0 Å². The van der Waals surface area contributed by atoms with Crippen LogP contribution in [0, 0.1) is 12.3 Å². The number of aryl methyl sites for hydroxylation is 1. The molecule has 1 unspecified atom stereocenters. The van der Waals surface area contributed by atoms with Gasteiger partial charge in [-0.1, -0.05) is 42.8 Å². The fraction of sp³-hybridized carbons (Fsp3) is 0.519. The fourth-order valence-electron chi connectivity index (χ4n) is 5.57. The molecule has 0 bridgehead atoms. The van der Waals surface area contributed by atoms with Crippen LogP contribution in [0.1, 0.15) is 78.1 Å². The molecule has 2 aliphatic rings. The number of nitrogens with one attached hydrogen (secondary N) is 1. The van der Waals surface area contributed by atoms with E-state index >= 15 is 0 Å². The second-order valence-electron chi connectivity index (χ2n) is 9.39. The van der Waals surface area contributed by atoms with E-state index in [0.717, 1.165) is 38.2 Å². The van der Waals surface area contributed by atoms with Crippen molar-refractivity contribution >= 4 is 5.91 Å². The van der Waals surface area contributed by atoms with Crippen LogP contribution in [0.5, 0.6) is 0 Å². The van der Waals surface area contributed by atoms with E-state index in [1.54, 1.807) is 0 Å². The first-order chi connectivity index (χ1) is 14.5. The Balaban J connectivity index is 1.65. The van der Waals surface area contributed by atoms with Crippen molar-refractivity contribution in [3.05, 3.63) is 70.3 Å². The molecule has 2 aromatic carbocycles. The summed E-state index contributed by atoms with van der Waals surface area (Å²) in [5, 5.41) is 3.55. The lowest BCUT2D eigenvalue weighted by atomic mass is 9.61. The number of carbonyl (C=O) groups is 1. The number of benzene rings is 2. The van der Waals surface area contributed by atoms with Gasteiger partial charge in [0.25, 0.3) is 5.91 Å². The SMILES string of the molecule is CCCN(CC)C(=O)c1ccc(C2CC3(CCNCC3)Cc3ccc(C)cc32)cc1. The highest BCUT2D eigenvalue weighted by molar-refractivity contribution is 5.94. The van der Waals surface area contributed by atoms with Crippen molar-refractivity contribution in [2.45, 2.75) is 58.8 Å². The maximum Gasteiger partial charge on any atom is 0.253 e. The molecule has 1 N–H and O–H groups in total.